The molecule has 0 bridgehead atoms. The third kappa shape index (κ3) is 6.16. The molecule has 0 radical (unpaired) electrons. The van der Waals surface area contributed by atoms with Crippen molar-refractivity contribution in [1.82, 2.24) is 10.0 Å². The molecule has 3 aromatic carbocycles. The van der Waals surface area contributed by atoms with Gasteiger partial charge in [0, 0.05) is 18.7 Å². The van der Waals surface area contributed by atoms with Crippen LogP contribution in [-0.2, 0) is 23.0 Å². The second-order valence-electron chi connectivity index (χ2n) is 7.14. The Kier molecular flexibility index (Phi) is 7.44. The maximum absolute atomic E-state index is 12.8. The molecular formula is C24H26N2O4S. The van der Waals surface area contributed by atoms with Crippen molar-refractivity contribution in [2.45, 2.75) is 24.8 Å². The predicted molar refractivity (Wildman–Crippen MR) is 121 cm³/mol. The lowest BCUT2D eigenvalue weighted by Gasteiger charge is -2.12. The molecular weight excluding hydrogens is 412 g/mol. The molecule has 0 atom stereocenters. The van der Waals surface area contributed by atoms with Crippen molar-refractivity contribution in [3.05, 3.63) is 95.1 Å². The fraction of sp³-hybridized carbons (Fsp3) is 0.208. The predicted octanol–water partition coefficient (Wildman–Crippen LogP) is 3.45. The van der Waals surface area contributed by atoms with E-state index in [0.717, 1.165) is 16.9 Å². The number of ether oxygens (including phenoxy) is 1. The number of nitrogens with one attached hydrogen (secondary N) is 2. The molecule has 0 aromatic heterocycles. The van der Waals surface area contributed by atoms with Crippen LogP contribution in [0.15, 0.2) is 77.7 Å². The maximum atomic E-state index is 12.8. The molecule has 0 saturated heterocycles. The topological polar surface area (TPSA) is 84.5 Å². The number of carbonyl (C=O) groups is 1. The maximum Gasteiger partial charge on any atom is 0.251 e. The van der Waals surface area contributed by atoms with Gasteiger partial charge in [-0.25, -0.2) is 13.1 Å². The summed E-state index contributed by atoms with van der Waals surface area (Å²) in [6.07, 6.45) is 0.658. The molecule has 0 aliphatic rings. The molecule has 0 saturated carbocycles. The highest BCUT2D eigenvalue weighted by atomic mass is 32.2. The van der Waals surface area contributed by atoms with Gasteiger partial charge in [-0.2, -0.15) is 0 Å². The molecule has 7 heteroatoms. The largest absolute Gasteiger partial charge is 0.497 e. The molecule has 0 unspecified atom stereocenters. The average molecular weight is 439 g/mol. The van der Waals surface area contributed by atoms with Crippen molar-refractivity contribution >= 4 is 15.9 Å². The third-order valence-electron chi connectivity index (χ3n) is 4.91. The summed E-state index contributed by atoms with van der Waals surface area (Å²) in [4.78, 5) is 12.7. The van der Waals surface area contributed by atoms with Crippen LogP contribution in [0, 0.1) is 6.92 Å². The molecule has 6 nitrogen and oxygen atoms in total. The van der Waals surface area contributed by atoms with Gasteiger partial charge in [-0.3, -0.25) is 4.79 Å². The van der Waals surface area contributed by atoms with Crippen molar-refractivity contribution in [2.24, 2.45) is 0 Å². The lowest BCUT2D eigenvalue weighted by atomic mass is 10.1. The second kappa shape index (κ2) is 10.2. The Balaban J connectivity index is 1.64. The third-order valence-corrected chi connectivity index (χ3v) is 6.45. The summed E-state index contributed by atoms with van der Waals surface area (Å²) in [5, 5.41) is 2.85. The first-order valence-electron chi connectivity index (χ1n) is 9.94. The zero-order valence-electron chi connectivity index (χ0n) is 17.6. The smallest absolute Gasteiger partial charge is 0.251 e. The molecule has 3 rings (SSSR count). The number of hydrogen-bond donors (Lipinski definition) is 2. The number of methoxy groups -OCH3 is 1. The molecule has 0 aliphatic carbocycles. The summed E-state index contributed by atoms with van der Waals surface area (Å²) >= 11 is 0. The Morgan fingerprint density at radius 3 is 2.32 bits per heavy atom. The van der Waals surface area contributed by atoms with Gasteiger partial charge in [0.2, 0.25) is 10.0 Å². The standard InChI is InChI=1S/C24H26N2O4S/c1-18-8-11-21(24(27)25-15-14-19-9-12-22(30-2)13-10-19)16-23(18)31(28,29)26-17-20-6-4-3-5-7-20/h3-13,16,26H,14-15,17H2,1-2H3,(H,25,27). The van der Waals surface area contributed by atoms with Gasteiger partial charge < -0.3 is 10.1 Å². The van der Waals surface area contributed by atoms with E-state index in [1.807, 2.05) is 54.6 Å². The summed E-state index contributed by atoms with van der Waals surface area (Å²) in [7, 11) is -2.14. The molecule has 162 valence electrons. The molecule has 0 aliphatic heterocycles. The zero-order valence-corrected chi connectivity index (χ0v) is 18.4. The van der Waals surface area contributed by atoms with E-state index in [9.17, 15) is 13.2 Å². The van der Waals surface area contributed by atoms with E-state index in [4.69, 9.17) is 4.74 Å². The van der Waals surface area contributed by atoms with Crippen molar-refractivity contribution in [2.75, 3.05) is 13.7 Å². The Labute approximate surface area is 183 Å². The summed E-state index contributed by atoms with van der Waals surface area (Å²) in [5.41, 5.74) is 2.81. The summed E-state index contributed by atoms with van der Waals surface area (Å²) in [6.45, 7) is 2.33. The van der Waals surface area contributed by atoms with Gasteiger partial charge in [0.25, 0.3) is 5.91 Å². The van der Waals surface area contributed by atoms with Gasteiger partial charge in [0.1, 0.15) is 5.75 Å². The van der Waals surface area contributed by atoms with Crippen LogP contribution >= 0.6 is 0 Å². The fourth-order valence-electron chi connectivity index (χ4n) is 3.10. The molecule has 1 amide bonds. The quantitative estimate of drug-likeness (QED) is 0.536. The highest BCUT2D eigenvalue weighted by Crippen LogP contribution is 2.18. The summed E-state index contributed by atoms with van der Waals surface area (Å²) in [6, 6.07) is 21.6. The van der Waals surface area contributed by atoms with Crippen LogP contribution in [0.3, 0.4) is 0 Å². The van der Waals surface area contributed by atoms with E-state index in [1.165, 1.54) is 6.07 Å². The summed E-state index contributed by atoms with van der Waals surface area (Å²) in [5.74, 6) is 0.468. The Hall–Kier alpha value is -3.16. The monoisotopic (exact) mass is 438 g/mol. The van der Waals surface area contributed by atoms with Gasteiger partial charge in [0.15, 0.2) is 0 Å². The van der Waals surface area contributed by atoms with Crippen LogP contribution < -0.4 is 14.8 Å². The average Bonchev–Trinajstić information content (AvgIpc) is 2.79. The number of amides is 1. The number of aryl methyl sites for hydroxylation is 1. The second-order valence-corrected chi connectivity index (χ2v) is 8.88. The Morgan fingerprint density at radius 2 is 1.65 bits per heavy atom. The number of sulfonamides is 1. The first-order valence-corrected chi connectivity index (χ1v) is 11.4. The van der Waals surface area contributed by atoms with Crippen molar-refractivity contribution < 1.29 is 17.9 Å². The Bertz CT molecular complexity index is 1130. The SMILES string of the molecule is COc1ccc(CCNC(=O)c2ccc(C)c(S(=O)(=O)NCc3ccccc3)c2)cc1. The van der Waals surface area contributed by atoms with Crippen LogP contribution in [0.4, 0.5) is 0 Å². The minimum atomic E-state index is -3.76. The number of hydrogen-bond acceptors (Lipinski definition) is 4. The van der Waals surface area contributed by atoms with Crippen LogP contribution in [0.5, 0.6) is 5.75 Å². The van der Waals surface area contributed by atoms with Crippen molar-refractivity contribution in [1.29, 1.82) is 0 Å². The number of rotatable bonds is 9. The first kappa shape index (κ1) is 22.5. The minimum Gasteiger partial charge on any atom is -0.497 e. The van der Waals surface area contributed by atoms with Gasteiger partial charge >= 0.3 is 0 Å². The van der Waals surface area contributed by atoms with Crippen LogP contribution in [-0.4, -0.2) is 28.0 Å². The van der Waals surface area contributed by atoms with Gasteiger partial charge in [0.05, 0.1) is 12.0 Å². The van der Waals surface area contributed by atoms with Gasteiger partial charge in [-0.15, -0.1) is 0 Å². The zero-order chi connectivity index (χ0) is 22.3. The highest BCUT2D eigenvalue weighted by molar-refractivity contribution is 7.89. The highest BCUT2D eigenvalue weighted by Gasteiger charge is 2.19. The van der Waals surface area contributed by atoms with Crippen LogP contribution in [0.25, 0.3) is 0 Å². The van der Waals surface area contributed by atoms with Crippen molar-refractivity contribution in [3.63, 3.8) is 0 Å². The van der Waals surface area contributed by atoms with E-state index >= 15 is 0 Å². The minimum absolute atomic E-state index is 0.103. The van der Waals surface area contributed by atoms with E-state index < -0.39 is 10.0 Å². The fourth-order valence-corrected chi connectivity index (χ4v) is 4.38. The Morgan fingerprint density at radius 1 is 0.935 bits per heavy atom. The van der Waals surface area contributed by atoms with E-state index in [0.29, 0.717) is 24.1 Å². The lowest BCUT2D eigenvalue weighted by molar-refractivity contribution is 0.0954. The molecule has 3 aromatic rings. The van der Waals surface area contributed by atoms with E-state index in [1.54, 1.807) is 26.2 Å². The lowest BCUT2D eigenvalue weighted by Crippen LogP contribution is -2.27. The number of carbonyl (C=O) groups excluding carboxylic acids is 1. The van der Waals surface area contributed by atoms with Crippen LogP contribution in [0.1, 0.15) is 27.0 Å². The van der Waals surface area contributed by atoms with Crippen LogP contribution in [0.2, 0.25) is 0 Å². The first-order chi connectivity index (χ1) is 14.9. The van der Waals surface area contributed by atoms with Crippen molar-refractivity contribution in [3.8, 4) is 5.75 Å². The molecule has 31 heavy (non-hydrogen) atoms. The molecule has 0 fully saturated rings. The number of benzene rings is 3. The van der Waals surface area contributed by atoms with Gasteiger partial charge in [-0.1, -0.05) is 48.5 Å². The molecule has 0 heterocycles. The molecule has 0 spiro atoms. The van der Waals surface area contributed by atoms with E-state index in [2.05, 4.69) is 10.0 Å². The van der Waals surface area contributed by atoms with E-state index in [-0.39, 0.29) is 17.3 Å². The normalized spacial score (nSPS) is 11.2. The van der Waals surface area contributed by atoms with Gasteiger partial charge in [-0.05, 0) is 54.3 Å². The summed E-state index contributed by atoms with van der Waals surface area (Å²) < 4.78 is 33.3. The molecule has 2 N–H and O–H groups in total.